The number of carbonyl (C=O) groups is 1. The Kier molecular flexibility index (Phi) is 3.66. The number of hydrogen-bond donors (Lipinski definition) is 1. The molecule has 6 heteroatoms. The summed E-state index contributed by atoms with van der Waals surface area (Å²) in [4.78, 5) is 16.2. The first-order valence-corrected chi connectivity index (χ1v) is 7.45. The molecule has 0 radical (unpaired) electrons. The predicted molar refractivity (Wildman–Crippen MR) is 81.9 cm³/mol. The number of thiazole rings is 1. The highest BCUT2D eigenvalue weighted by molar-refractivity contribution is 9.10. The molecule has 100 valence electrons. The molecule has 0 aliphatic carbocycles. The van der Waals surface area contributed by atoms with E-state index in [0.717, 1.165) is 16.3 Å². The van der Waals surface area contributed by atoms with E-state index < -0.39 is 0 Å². The van der Waals surface area contributed by atoms with Gasteiger partial charge in [0.25, 0.3) is 5.91 Å². The molecule has 0 spiro atoms. The van der Waals surface area contributed by atoms with Crippen molar-refractivity contribution in [2.24, 2.45) is 0 Å². The van der Waals surface area contributed by atoms with Crippen molar-refractivity contribution in [2.45, 2.75) is 0 Å². The Hall–Kier alpha value is -1.92. The second-order valence-electron chi connectivity index (χ2n) is 3.98. The highest BCUT2D eigenvalue weighted by Gasteiger charge is 2.12. The molecule has 0 saturated carbocycles. The number of rotatable bonds is 3. The van der Waals surface area contributed by atoms with Gasteiger partial charge in [0.1, 0.15) is 5.01 Å². The van der Waals surface area contributed by atoms with Gasteiger partial charge in [0.05, 0.1) is 11.8 Å². The quantitative estimate of drug-likeness (QED) is 0.762. The zero-order valence-corrected chi connectivity index (χ0v) is 12.6. The molecule has 0 atom stereocenters. The molecular formula is C14H9BrN2O2S. The number of furan rings is 1. The standard InChI is InChI=1S/C14H9BrN2O2S/c15-12-11(5-7-19-12)13(18)17-10-3-1-9(2-4-10)14-16-6-8-20-14/h1-8H,(H,17,18). The van der Waals surface area contributed by atoms with Gasteiger partial charge in [-0.3, -0.25) is 4.79 Å². The number of hydrogen-bond acceptors (Lipinski definition) is 4. The average molecular weight is 349 g/mol. The Bertz CT molecular complexity index is 720. The lowest BCUT2D eigenvalue weighted by molar-refractivity contribution is 0.102. The normalized spacial score (nSPS) is 10.4. The van der Waals surface area contributed by atoms with Crippen LogP contribution in [-0.2, 0) is 0 Å². The monoisotopic (exact) mass is 348 g/mol. The highest BCUT2D eigenvalue weighted by Crippen LogP contribution is 2.24. The van der Waals surface area contributed by atoms with Gasteiger partial charge in [-0.05, 0) is 46.3 Å². The molecule has 20 heavy (non-hydrogen) atoms. The van der Waals surface area contributed by atoms with E-state index >= 15 is 0 Å². The third-order valence-corrected chi connectivity index (χ3v) is 4.12. The van der Waals surface area contributed by atoms with Crippen LogP contribution in [0.5, 0.6) is 0 Å². The lowest BCUT2D eigenvalue weighted by Crippen LogP contribution is -2.11. The summed E-state index contributed by atoms with van der Waals surface area (Å²) >= 11 is 4.76. The number of benzene rings is 1. The van der Waals surface area contributed by atoms with E-state index in [0.29, 0.717) is 10.2 Å². The molecule has 1 amide bonds. The number of aromatic nitrogens is 1. The summed E-state index contributed by atoms with van der Waals surface area (Å²) in [5.74, 6) is -0.215. The van der Waals surface area contributed by atoms with Crippen LogP contribution in [0.15, 0.2) is 57.3 Å². The number of anilines is 1. The van der Waals surface area contributed by atoms with Crippen LogP contribution in [0.1, 0.15) is 10.4 Å². The van der Waals surface area contributed by atoms with Crippen molar-refractivity contribution in [3.05, 3.63) is 58.4 Å². The summed E-state index contributed by atoms with van der Waals surface area (Å²) in [7, 11) is 0. The van der Waals surface area contributed by atoms with Crippen LogP contribution >= 0.6 is 27.3 Å². The minimum Gasteiger partial charge on any atom is -0.457 e. The van der Waals surface area contributed by atoms with E-state index in [1.165, 1.54) is 6.26 Å². The van der Waals surface area contributed by atoms with E-state index in [1.54, 1.807) is 23.6 Å². The van der Waals surface area contributed by atoms with Gasteiger partial charge in [0.15, 0.2) is 4.67 Å². The molecule has 0 aliphatic heterocycles. The number of nitrogens with one attached hydrogen (secondary N) is 1. The fourth-order valence-corrected chi connectivity index (χ4v) is 2.78. The van der Waals surface area contributed by atoms with Crippen LogP contribution in [0.4, 0.5) is 5.69 Å². The van der Waals surface area contributed by atoms with Crippen molar-refractivity contribution < 1.29 is 9.21 Å². The molecule has 0 unspecified atom stereocenters. The maximum atomic E-state index is 12.0. The maximum Gasteiger partial charge on any atom is 0.260 e. The summed E-state index contributed by atoms with van der Waals surface area (Å²) in [6.07, 6.45) is 3.23. The van der Waals surface area contributed by atoms with Crippen molar-refractivity contribution in [3.8, 4) is 10.6 Å². The Labute approximate surface area is 127 Å². The van der Waals surface area contributed by atoms with Crippen molar-refractivity contribution in [3.63, 3.8) is 0 Å². The lowest BCUT2D eigenvalue weighted by atomic mass is 10.2. The molecule has 0 bridgehead atoms. The molecule has 3 rings (SSSR count). The van der Waals surface area contributed by atoms with Gasteiger partial charge >= 0.3 is 0 Å². The fourth-order valence-electron chi connectivity index (χ4n) is 1.72. The summed E-state index contributed by atoms with van der Waals surface area (Å²) < 4.78 is 5.47. The van der Waals surface area contributed by atoms with Crippen LogP contribution in [-0.4, -0.2) is 10.9 Å². The number of nitrogens with zero attached hydrogens (tertiary/aromatic N) is 1. The smallest absolute Gasteiger partial charge is 0.260 e. The minimum atomic E-state index is -0.215. The summed E-state index contributed by atoms with van der Waals surface area (Å²) in [5, 5.41) is 5.70. The van der Waals surface area contributed by atoms with E-state index in [4.69, 9.17) is 4.42 Å². The first kappa shape index (κ1) is 13.1. The van der Waals surface area contributed by atoms with E-state index in [1.807, 2.05) is 29.6 Å². The van der Waals surface area contributed by atoms with Crippen molar-refractivity contribution >= 4 is 38.9 Å². The predicted octanol–water partition coefficient (Wildman–Crippen LogP) is 4.42. The molecule has 0 saturated heterocycles. The Morgan fingerprint density at radius 2 is 2.05 bits per heavy atom. The molecule has 1 N–H and O–H groups in total. The molecule has 0 aliphatic rings. The van der Waals surface area contributed by atoms with Crippen molar-refractivity contribution in [2.75, 3.05) is 5.32 Å². The third kappa shape index (κ3) is 2.66. The zero-order chi connectivity index (χ0) is 13.9. The van der Waals surface area contributed by atoms with Crippen LogP contribution < -0.4 is 5.32 Å². The fraction of sp³-hybridized carbons (Fsp3) is 0. The van der Waals surface area contributed by atoms with Gasteiger partial charge in [0.2, 0.25) is 0 Å². The SMILES string of the molecule is O=C(Nc1ccc(-c2nccs2)cc1)c1ccoc1Br. The van der Waals surface area contributed by atoms with Crippen LogP contribution in [0.3, 0.4) is 0 Å². The zero-order valence-electron chi connectivity index (χ0n) is 10.2. The molecule has 3 aromatic rings. The second-order valence-corrected chi connectivity index (χ2v) is 5.59. The molecular weight excluding hydrogens is 340 g/mol. The van der Waals surface area contributed by atoms with E-state index in [-0.39, 0.29) is 5.91 Å². The average Bonchev–Trinajstić information content (AvgIpc) is 3.10. The molecule has 1 aromatic carbocycles. The largest absolute Gasteiger partial charge is 0.457 e. The van der Waals surface area contributed by atoms with Gasteiger partial charge in [-0.1, -0.05) is 0 Å². The number of carbonyl (C=O) groups excluding carboxylic acids is 1. The van der Waals surface area contributed by atoms with Crippen LogP contribution in [0.2, 0.25) is 0 Å². The molecule has 2 heterocycles. The first-order chi connectivity index (χ1) is 9.74. The summed E-state index contributed by atoms with van der Waals surface area (Å²) in [6, 6.07) is 9.17. The maximum absolute atomic E-state index is 12.0. The van der Waals surface area contributed by atoms with E-state index in [9.17, 15) is 4.79 Å². The minimum absolute atomic E-state index is 0.215. The van der Waals surface area contributed by atoms with Crippen molar-refractivity contribution in [1.29, 1.82) is 0 Å². The Balaban J connectivity index is 1.76. The van der Waals surface area contributed by atoms with Gasteiger partial charge in [-0.15, -0.1) is 11.3 Å². The van der Waals surface area contributed by atoms with Gasteiger partial charge in [0, 0.05) is 22.8 Å². The second kappa shape index (κ2) is 5.60. The van der Waals surface area contributed by atoms with Gasteiger partial charge < -0.3 is 9.73 Å². The highest BCUT2D eigenvalue weighted by atomic mass is 79.9. The van der Waals surface area contributed by atoms with Gasteiger partial charge in [-0.25, -0.2) is 4.98 Å². The van der Waals surface area contributed by atoms with Gasteiger partial charge in [-0.2, -0.15) is 0 Å². The number of halogens is 1. The lowest BCUT2D eigenvalue weighted by Gasteiger charge is -2.04. The number of amides is 1. The summed E-state index contributed by atoms with van der Waals surface area (Å²) in [5.41, 5.74) is 2.22. The topological polar surface area (TPSA) is 55.1 Å². The third-order valence-electron chi connectivity index (χ3n) is 2.68. The summed E-state index contributed by atoms with van der Waals surface area (Å²) in [6.45, 7) is 0. The molecule has 4 nitrogen and oxygen atoms in total. The van der Waals surface area contributed by atoms with Crippen LogP contribution in [0.25, 0.3) is 10.6 Å². The Morgan fingerprint density at radius 3 is 2.65 bits per heavy atom. The first-order valence-electron chi connectivity index (χ1n) is 5.78. The molecule has 0 fully saturated rings. The Morgan fingerprint density at radius 1 is 1.25 bits per heavy atom. The molecule has 2 aromatic heterocycles. The van der Waals surface area contributed by atoms with Crippen molar-refractivity contribution in [1.82, 2.24) is 4.98 Å². The van der Waals surface area contributed by atoms with E-state index in [2.05, 4.69) is 26.2 Å². The van der Waals surface area contributed by atoms with Crippen LogP contribution in [0, 0.1) is 0 Å².